The van der Waals surface area contributed by atoms with E-state index in [1.54, 1.807) is 0 Å². The van der Waals surface area contributed by atoms with E-state index in [2.05, 4.69) is 4.90 Å². The van der Waals surface area contributed by atoms with Gasteiger partial charge in [-0.1, -0.05) is 12.8 Å². The van der Waals surface area contributed by atoms with Crippen molar-refractivity contribution < 1.29 is 0 Å². The Morgan fingerprint density at radius 2 is 1.71 bits per heavy atom. The number of nitrogens with zero attached hydrogens (tertiary/aromatic N) is 1. The van der Waals surface area contributed by atoms with E-state index in [9.17, 15) is 0 Å². The molecule has 2 aliphatic heterocycles. The number of nitrogens with two attached hydrogens (primary N) is 1. The number of hydrogen-bond acceptors (Lipinski definition) is 2. The van der Waals surface area contributed by atoms with Crippen molar-refractivity contribution in [3.63, 3.8) is 0 Å². The summed E-state index contributed by atoms with van der Waals surface area (Å²) in [6, 6.07) is 2.29. The Kier molecular flexibility index (Phi) is 2.29. The zero-order valence-electron chi connectivity index (χ0n) is 8.99. The monoisotopic (exact) mass is 194 g/mol. The molecular weight excluding hydrogens is 172 g/mol. The molecule has 2 heteroatoms. The molecule has 3 unspecified atom stereocenters. The maximum Gasteiger partial charge on any atom is 0.0113 e. The first kappa shape index (κ1) is 9.17. The van der Waals surface area contributed by atoms with Crippen molar-refractivity contribution in [3.05, 3.63) is 0 Å². The predicted molar refractivity (Wildman–Crippen MR) is 58.1 cm³/mol. The van der Waals surface area contributed by atoms with Crippen molar-refractivity contribution >= 4 is 0 Å². The van der Waals surface area contributed by atoms with Crippen LogP contribution in [0.4, 0.5) is 0 Å². The minimum absolute atomic E-state index is 0.520. The molecule has 0 aromatic heterocycles. The molecule has 2 aliphatic carbocycles. The van der Waals surface area contributed by atoms with Crippen molar-refractivity contribution in [1.82, 2.24) is 4.90 Å². The van der Waals surface area contributed by atoms with Crippen LogP contribution >= 0.6 is 0 Å². The summed E-state index contributed by atoms with van der Waals surface area (Å²) in [5.74, 6) is 0.820. The van der Waals surface area contributed by atoms with Crippen LogP contribution in [0.5, 0.6) is 0 Å². The first-order valence-electron chi connectivity index (χ1n) is 6.36. The number of rotatable bonds is 1. The van der Waals surface area contributed by atoms with Gasteiger partial charge < -0.3 is 5.73 Å². The van der Waals surface area contributed by atoms with Gasteiger partial charge in [0.2, 0.25) is 0 Å². The fourth-order valence-corrected chi connectivity index (χ4v) is 3.88. The Morgan fingerprint density at radius 3 is 2.29 bits per heavy atom. The molecule has 2 nitrogen and oxygen atoms in total. The summed E-state index contributed by atoms with van der Waals surface area (Å²) in [4.78, 5) is 2.81. The maximum absolute atomic E-state index is 6.15. The van der Waals surface area contributed by atoms with Crippen LogP contribution in [0.2, 0.25) is 0 Å². The van der Waals surface area contributed by atoms with Gasteiger partial charge in [0.1, 0.15) is 0 Å². The van der Waals surface area contributed by atoms with E-state index in [0.717, 1.165) is 18.0 Å². The molecule has 4 aliphatic rings. The van der Waals surface area contributed by atoms with Crippen LogP contribution in [0.1, 0.15) is 44.9 Å². The smallest absolute Gasteiger partial charge is 0.0113 e. The summed E-state index contributed by atoms with van der Waals surface area (Å²) in [5.41, 5.74) is 6.15. The van der Waals surface area contributed by atoms with Crippen molar-refractivity contribution in [1.29, 1.82) is 0 Å². The summed E-state index contributed by atoms with van der Waals surface area (Å²) in [6.45, 7) is 1.32. The van der Waals surface area contributed by atoms with Crippen molar-refractivity contribution in [2.24, 2.45) is 11.7 Å². The lowest BCUT2D eigenvalue weighted by molar-refractivity contribution is 0.00356. The van der Waals surface area contributed by atoms with Gasteiger partial charge in [-0.25, -0.2) is 0 Å². The molecule has 80 valence electrons. The molecular formula is C12H22N2. The summed E-state index contributed by atoms with van der Waals surface area (Å²) in [6.07, 6.45) is 9.94. The molecule has 3 atom stereocenters. The van der Waals surface area contributed by atoms with E-state index in [0.29, 0.717) is 6.04 Å². The molecule has 0 spiro atoms. The van der Waals surface area contributed by atoms with Crippen LogP contribution < -0.4 is 5.73 Å². The fourth-order valence-electron chi connectivity index (χ4n) is 3.88. The first-order valence-corrected chi connectivity index (χ1v) is 6.36. The highest BCUT2D eigenvalue weighted by Crippen LogP contribution is 2.38. The second-order valence-corrected chi connectivity index (χ2v) is 5.53. The summed E-state index contributed by atoms with van der Waals surface area (Å²) in [5, 5.41) is 0. The quantitative estimate of drug-likeness (QED) is 0.689. The highest BCUT2D eigenvalue weighted by Gasteiger charge is 2.41. The molecule has 2 saturated carbocycles. The highest BCUT2D eigenvalue weighted by atomic mass is 15.2. The van der Waals surface area contributed by atoms with E-state index in [1.165, 1.54) is 51.5 Å². The number of hydrogen-bond donors (Lipinski definition) is 1. The Labute approximate surface area is 86.8 Å². The zero-order chi connectivity index (χ0) is 9.54. The molecule has 0 radical (unpaired) electrons. The second kappa shape index (κ2) is 3.49. The molecule has 2 heterocycles. The third-order valence-corrected chi connectivity index (χ3v) is 4.73. The average Bonchev–Trinajstić information content (AvgIpc) is 2.71. The van der Waals surface area contributed by atoms with Gasteiger partial charge in [0.05, 0.1) is 0 Å². The Bertz CT molecular complexity index is 210. The van der Waals surface area contributed by atoms with Gasteiger partial charge in [-0.3, -0.25) is 4.90 Å². The van der Waals surface area contributed by atoms with Gasteiger partial charge in [0.25, 0.3) is 0 Å². The largest absolute Gasteiger partial charge is 0.327 e. The molecule has 0 aromatic rings. The lowest BCUT2D eigenvalue weighted by atomic mass is 9.76. The SMILES string of the molecule is NC1CC2CCC1CN2C1CCCC1. The minimum atomic E-state index is 0.520. The van der Waals surface area contributed by atoms with Gasteiger partial charge >= 0.3 is 0 Å². The van der Waals surface area contributed by atoms with Gasteiger partial charge in [-0.2, -0.15) is 0 Å². The third-order valence-electron chi connectivity index (χ3n) is 4.73. The zero-order valence-corrected chi connectivity index (χ0v) is 8.99. The van der Waals surface area contributed by atoms with E-state index in [1.807, 2.05) is 0 Å². The Balaban J connectivity index is 1.70. The summed E-state index contributed by atoms with van der Waals surface area (Å²) >= 11 is 0. The van der Waals surface area contributed by atoms with Crippen LogP contribution in [0.15, 0.2) is 0 Å². The van der Waals surface area contributed by atoms with Crippen molar-refractivity contribution in [2.45, 2.75) is 63.1 Å². The highest BCUT2D eigenvalue weighted by molar-refractivity contribution is 4.98. The Morgan fingerprint density at radius 1 is 0.929 bits per heavy atom. The predicted octanol–water partition coefficient (Wildman–Crippen LogP) is 1.74. The molecule has 2 bridgehead atoms. The van der Waals surface area contributed by atoms with Gasteiger partial charge in [-0.05, 0) is 38.0 Å². The Hall–Kier alpha value is -0.0800. The molecule has 14 heavy (non-hydrogen) atoms. The molecule has 2 saturated heterocycles. The van der Waals surface area contributed by atoms with E-state index in [4.69, 9.17) is 5.73 Å². The lowest BCUT2D eigenvalue weighted by Crippen LogP contribution is -2.59. The first-order chi connectivity index (χ1) is 6.84. The molecule has 4 fully saturated rings. The summed E-state index contributed by atoms with van der Waals surface area (Å²) < 4.78 is 0. The molecule has 0 amide bonds. The molecule has 4 rings (SSSR count). The summed E-state index contributed by atoms with van der Waals surface area (Å²) in [7, 11) is 0. The van der Waals surface area contributed by atoms with Gasteiger partial charge in [0, 0.05) is 24.7 Å². The van der Waals surface area contributed by atoms with E-state index >= 15 is 0 Å². The van der Waals surface area contributed by atoms with Crippen molar-refractivity contribution in [2.75, 3.05) is 6.54 Å². The van der Waals surface area contributed by atoms with Gasteiger partial charge in [-0.15, -0.1) is 0 Å². The number of piperidine rings is 2. The van der Waals surface area contributed by atoms with Crippen molar-refractivity contribution in [3.8, 4) is 0 Å². The van der Waals surface area contributed by atoms with E-state index in [-0.39, 0.29) is 0 Å². The van der Waals surface area contributed by atoms with Gasteiger partial charge in [0.15, 0.2) is 0 Å². The normalized spacial score (nSPS) is 44.8. The molecule has 0 aromatic carbocycles. The minimum Gasteiger partial charge on any atom is -0.327 e. The fraction of sp³-hybridized carbons (Fsp3) is 1.00. The van der Waals surface area contributed by atoms with E-state index < -0.39 is 0 Å². The van der Waals surface area contributed by atoms with Crippen LogP contribution in [-0.2, 0) is 0 Å². The topological polar surface area (TPSA) is 29.3 Å². The second-order valence-electron chi connectivity index (χ2n) is 5.53. The standard InChI is InChI=1S/C12H22N2/c13-12-7-11-6-5-9(12)8-14(11)10-3-1-2-4-10/h9-12H,1-8,13H2. The molecule has 2 N–H and O–H groups in total. The van der Waals surface area contributed by atoms with Crippen LogP contribution in [0, 0.1) is 5.92 Å². The maximum atomic E-state index is 6.15. The van der Waals surface area contributed by atoms with Crippen LogP contribution in [-0.4, -0.2) is 29.6 Å². The number of fused-ring (bicyclic) bond motifs is 3. The average molecular weight is 194 g/mol. The third kappa shape index (κ3) is 1.40. The lowest BCUT2D eigenvalue weighted by Gasteiger charge is -2.51. The van der Waals surface area contributed by atoms with Crippen LogP contribution in [0.25, 0.3) is 0 Å². The van der Waals surface area contributed by atoms with Crippen LogP contribution in [0.3, 0.4) is 0 Å².